The average molecular weight is 313 g/mol. The first-order valence-electron chi connectivity index (χ1n) is 8.17. The summed E-state index contributed by atoms with van der Waals surface area (Å²) in [4.78, 5) is 0. The minimum Gasteiger partial charge on any atom is -0.370 e. The number of hydrogen-bond donors (Lipinski definition) is 0. The lowest BCUT2D eigenvalue weighted by Gasteiger charge is -2.26. The van der Waals surface area contributed by atoms with Crippen LogP contribution in [0, 0.1) is 0 Å². The monoisotopic (exact) mass is 312 g/mol. The molecule has 0 aromatic heterocycles. The van der Waals surface area contributed by atoms with Gasteiger partial charge < -0.3 is 13.3 Å². The summed E-state index contributed by atoms with van der Waals surface area (Å²) in [6, 6.07) is 0. The summed E-state index contributed by atoms with van der Waals surface area (Å²) in [5.41, 5.74) is 1.99. The third kappa shape index (κ3) is 10.7. The molecule has 0 bridgehead atoms. The Morgan fingerprint density at radius 1 is 0.667 bits per heavy atom. The molecule has 4 heteroatoms. The quantitative estimate of drug-likeness (QED) is 0.360. The zero-order valence-corrected chi connectivity index (χ0v) is 15.1. The van der Waals surface area contributed by atoms with Crippen molar-refractivity contribution in [2.45, 2.75) is 53.4 Å². The maximum Gasteiger partial charge on any atom is 0.529 e. The predicted octanol–water partition coefficient (Wildman–Crippen LogP) is 4.82. The highest BCUT2D eigenvalue weighted by atomic mass is 28.4. The lowest BCUT2D eigenvalue weighted by molar-refractivity contribution is 0.0716. The van der Waals surface area contributed by atoms with Crippen LogP contribution < -0.4 is 0 Å². The molecule has 0 aliphatic carbocycles. The zero-order valence-electron chi connectivity index (χ0n) is 14.1. The van der Waals surface area contributed by atoms with Gasteiger partial charge in [0.2, 0.25) is 0 Å². The summed E-state index contributed by atoms with van der Waals surface area (Å²) in [6.07, 6.45) is 14.1. The Kier molecular flexibility index (Phi) is 13.8. The zero-order chi connectivity index (χ0) is 15.8. The first kappa shape index (κ1) is 20.3. The van der Waals surface area contributed by atoms with Crippen molar-refractivity contribution in [1.82, 2.24) is 0 Å². The van der Waals surface area contributed by atoms with E-state index in [0.717, 1.165) is 25.7 Å². The highest BCUT2D eigenvalue weighted by Gasteiger charge is 2.37. The molecule has 0 saturated heterocycles. The topological polar surface area (TPSA) is 27.7 Å². The van der Waals surface area contributed by atoms with Crippen molar-refractivity contribution in [3.05, 3.63) is 36.1 Å². The molecule has 0 radical (unpaired) electrons. The minimum atomic E-state index is -2.68. The van der Waals surface area contributed by atoms with Crippen molar-refractivity contribution in [1.29, 1.82) is 0 Å². The fourth-order valence-corrected chi connectivity index (χ4v) is 3.87. The maximum atomic E-state index is 5.97. The van der Waals surface area contributed by atoms with Crippen LogP contribution in [0.3, 0.4) is 0 Å². The molecule has 0 unspecified atom stereocenters. The van der Waals surface area contributed by atoms with Gasteiger partial charge in [0, 0.05) is 19.8 Å². The van der Waals surface area contributed by atoms with E-state index in [2.05, 4.69) is 33.8 Å². The van der Waals surface area contributed by atoms with E-state index in [4.69, 9.17) is 13.3 Å². The van der Waals surface area contributed by atoms with E-state index in [-0.39, 0.29) is 0 Å². The van der Waals surface area contributed by atoms with Gasteiger partial charge in [-0.15, -0.1) is 0 Å². The number of allylic oxidation sites excluding steroid dienone is 5. The molecule has 0 aliphatic heterocycles. The standard InChI is InChI=1S/C17H32O3Si/c1-5-9-10-11-12-13-17-21(18-14-6-2,19-15-7-3)20-16-8-4/h9-13,17H,5-8,14-16H2,1-4H3. The minimum absolute atomic E-state index is 0.670. The van der Waals surface area contributed by atoms with Gasteiger partial charge in [-0.05, 0) is 31.4 Å². The summed E-state index contributed by atoms with van der Waals surface area (Å²) >= 11 is 0. The molecule has 0 N–H and O–H groups in total. The highest BCUT2D eigenvalue weighted by Crippen LogP contribution is 2.14. The Bertz CT molecular complexity index is 289. The molecule has 0 aliphatic rings. The van der Waals surface area contributed by atoms with Crippen LogP contribution in [0.5, 0.6) is 0 Å². The van der Waals surface area contributed by atoms with Crippen molar-refractivity contribution in [2.24, 2.45) is 0 Å². The van der Waals surface area contributed by atoms with Crippen molar-refractivity contribution in [3.8, 4) is 0 Å². The summed E-state index contributed by atoms with van der Waals surface area (Å²) in [5, 5.41) is 0. The van der Waals surface area contributed by atoms with E-state index in [1.807, 2.05) is 30.0 Å². The van der Waals surface area contributed by atoms with Crippen LogP contribution >= 0.6 is 0 Å². The molecule has 0 fully saturated rings. The van der Waals surface area contributed by atoms with Crippen molar-refractivity contribution < 1.29 is 13.3 Å². The third-order valence-electron chi connectivity index (χ3n) is 2.53. The van der Waals surface area contributed by atoms with E-state index in [0.29, 0.717) is 19.8 Å². The van der Waals surface area contributed by atoms with Gasteiger partial charge in [-0.1, -0.05) is 58.1 Å². The molecular weight excluding hydrogens is 280 g/mol. The van der Waals surface area contributed by atoms with Gasteiger partial charge in [-0.3, -0.25) is 0 Å². The molecule has 0 aromatic carbocycles. The summed E-state index contributed by atoms with van der Waals surface area (Å²) in [7, 11) is -2.68. The van der Waals surface area contributed by atoms with Crippen LogP contribution in [-0.2, 0) is 13.3 Å². The second-order valence-electron chi connectivity index (χ2n) is 4.73. The molecule has 0 amide bonds. The van der Waals surface area contributed by atoms with E-state index in [9.17, 15) is 0 Å². The molecule has 0 saturated carbocycles. The third-order valence-corrected chi connectivity index (χ3v) is 4.95. The van der Waals surface area contributed by atoms with Gasteiger partial charge >= 0.3 is 8.80 Å². The summed E-state index contributed by atoms with van der Waals surface area (Å²) < 4.78 is 17.9. The lowest BCUT2D eigenvalue weighted by atomic mass is 10.4. The fourth-order valence-electron chi connectivity index (χ4n) is 1.52. The van der Waals surface area contributed by atoms with Crippen LogP contribution in [-0.4, -0.2) is 28.6 Å². The molecule has 0 spiro atoms. The highest BCUT2D eigenvalue weighted by molar-refractivity contribution is 6.66. The lowest BCUT2D eigenvalue weighted by Crippen LogP contribution is -2.45. The molecule has 3 nitrogen and oxygen atoms in total. The SMILES string of the molecule is CCC=CC=CC=C[Si](OCCC)(OCCC)OCCC. The Morgan fingerprint density at radius 3 is 1.57 bits per heavy atom. The first-order chi connectivity index (χ1) is 10.2. The Balaban J connectivity index is 4.80. The molecule has 0 aromatic rings. The first-order valence-corrected chi connectivity index (χ1v) is 9.97. The molecule has 122 valence electrons. The molecular formula is C17H32O3Si. The van der Waals surface area contributed by atoms with Gasteiger partial charge in [-0.25, -0.2) is 0 Å². The van der Waals surface area contributed by atoms with E-state index in [1.165, 1.54) is 0 Å². The van der Waals surface area contributed by atoms with Gasteiger partial charge in [0.25, 0.3) is 0 Å². The van der Waals surface area contributed by atoms with Gasteiger partial charge in [0.15, 0.2) is 0 Å². The number of rotatable bonds is 13. The Morgan fingerprint density at radius 2 is 1.14 bits per heavy atom. The van der Waals surface area contributed by atoms with Crippen LogP contribution in [0.15, 0.2) is 36.1 Å². The van der Waals surface area contributed by atoms with Crippen molar-refractivity contribution in [3.63, 3.8) is 0 Å². The molecule has 21 heavy (non-hydrogen) atoms. The van der Waals surface area contributed by atoms with Gasteiger partial charge in [0.1, 0.15) is 0 Å². The number of hydrogen-bond acceptors (Lipinski definition) is 3. The molecule has 0 atom stereocenters. The smallest absolute Gasteiger partial charge is 0.370 e. The Hall–Kier alpha value is -0.683. The Labute approximate surface area is 132 Å². The van der Waals surface area contributed by atoms with Gasteiger partial charge in [0.05, 0.1) is 0 Å². The fraction of sp³-hybridized carbons (Fsp3) is 0.647. The van der Waals surface area contributed by atoms with E-state index in [1.54, 1.807) is 0 Å². The van der Waals surface area contributed by atoms with Gasteiger partial charge in [-0.2, -0.15) is 0 Å². The second-order valence-corrected chi connectivity index (χ2v) is 7.14. The van der Waals surface area contributed by atoms with E-state index >= 15 is 0 Å². The average Bonchev–Trinajstić information content (AvgIpc) is 2.51. The maximum absolute atomic E-state index is 5.97. The summed E-state index contributed by atoms with van der Waals surface area (Å²) in [6.45, 7) is 10.4. The molecule has 0 rings (SSSR count). The largest absolute Gasteiger partial charge is 0.529 e. The molecule has 0 heterocycles. The second kappa shape index (κ2) is 14.3. The normalized spacial score (nSPS) is 13.1. The van der Waals surface area contributed by atoms with Crippen LogP contribution in [0.1, 0.15) is 53.4 Å². The summed E-state index contributed by atoms with van der Waals surface area (Å²) in [5.74, 6) is 0. The van der Waals surface area contributed by atoms with Crippen molar-refractivity contribution >= 4 is 8.80 Å². The van der Waals surface area contributed by atoms with Crippen LogP contribution in [0.2, 0.25) is 0 Å². The van der Waals surface area contributed by atoms with E-state index < -0.39 is 8.80 Å². The predicted molar refractivity (Wildman–Crippen MR) is 92.2 cm³/mol. The van der Waals surface area contributed by atoms with Crippen LogP contribution in [0.25, 0.3) is 0 Å². The van der Waals surface area contributed by atoms with Crippen molar-refractivity contribution in [2.75, 3.05) is 19.8 Å². The van der Waals surface area contributed by atoms with Crippen LogP contribution in [0.4, 0.5) is 0 Å².